The Labute approximate surface area is 121 Å². The van der Waals surface area contributed by atoms with E-state index in [1.807, 2.05) is 0 Å². The van der Waals surface area contributed by atoms with Gasteiger partial charge >= 0.3 is 0 Å². The molecule has 1 aliphatic carbocycles. The molecule has 1 heteroatoms. The third-order valence-electron chi connectivity index (χ3n) is 4.95. The number of hydrogen-bond acceptors (Lipinski definition) is 1. The number of unbranched alkanes of at least 4 members (excludes halogenated alkanes) is 8. The zero-order chi connectivity index (χ0) is 13.9. The molecule has 0 bridgehead atoms. The summed E-state index contributed by atoms with van der Waals surface area (Å²) in [5.74, 6) is 1.44. The normalized spacial score (nSPS) is 27.6. The van der Waals surface area contributed by atoms with E-state index in [4.69, 9.17) is 0 Å². The molecule has 3 unspecified atom stereocenters. The summed E-state index contributed by atoms with van der Waals surface area (Å²) in [5, 5.41) is 9.73. The predicted octanol–water partition coefficient (Wildman–Crippen LogP) is 5.70. The first kappa shape index (κ1) is 17.0. The molecule has 1 rings (SSSR count). The molecule has 1 N–H and O–H groups in total. The highest BCUT2D eigenvalue weighted by molar-refractivity contribution is 4.76. The van der Waals surface area contributed by atoms with Gasteiger partial charge in [-0.1, -0.05) is 78.1 Å². The monoisotopic (exact) mass is 268 g/mol. The van der Waals surface area contributed by atoms with E-state index in [2.05, 4.69) is 13.8 Å². The quantitative estimate of drug-likeness (QED) is 0.503. The van der Waals surface area contributed by atoms with Crippen LogP contribution in [-0.2, 0) is 0 Å². The highest BCUT2D eigenvalue weighted by Gasteiger charge is 2.25. The Morgan fingerprint density at radius 3 is 2.00 bits per heavy atom. The standard InChI is InChI=1S/C18H36O/c1-3-4-5-6-7-8-9-10-11-12-17-13-14-18(19)16(2)15-17/h16-19H,3-15H2,1-2H3. The van der Waals surface area contributed by atoms with Gasteiger partial charge in [0.2, 0.25) is 0 Å². The molecule has 0 radical (unpaired) electrons. The summed E-state index contributed by atoms with van der Waals surface area (Å²) in [6.07, 6.45) is 17.8. The van der Waals surface area contributed by atoms with Crippen molar-refractivity contribution < 1.29 is 5.11 Å². The van der Waals surface area contributed by atoms with E-state index in [0.29, 0.717) is 5.92 Å². The van der Waals surface area contributed by atoms with E-state index < -0.39 is 0 Å². The first-order chi connectivity index (χ1) is 9.24. The lowest BCUT2D eigenvalue weighted by Gasteiger charge is -2.31. The van der Waals surface area contributed by atoms with E-state index in [1.165, 1.54) is 77.0 Å². The van der Waals surface area contributed by atoms with Crippen molar-refractivity contribution >= 4 is 0 Å². The third kappa shape index (κ3) is 7.97. The maximum atomic E-state index is 9.73. The van der Waals surface area contributed by atoms with Crippen molar-refractivity contribution in [2.75, 3.05) is 0 Å². The van der Waals surface area contributed by atoms with E-state index in [-0.39, 0.29) is 6.10 Å². The minimum absolute atomic E-state index is 0.0145. The third-order valence-corrected chi connectivity index (χ3v) is 4.95. The summed E-state index contributed by atoms with van der Waals surface area (Å²) >= 11 is 0. The number of aliphatic hydroxyl groups is 1. The Bertz CT molecular complexity index is 202. The minimum atomic E-state index is -0.0145. The summed E-state index contributed by atoms with van der Waals surface area (Å²) < 4.78 is 0. The molecule has 0 saturated heterocycles. The average molecular weight is 268 g/mol. The van der Waals surface area contributed by atoms with Crippen molar-refractivity contribution in [2.45, 2.75) is 103 Å². The van der Waals surface area contributed by atoms with E-state index in [1.54, 1.807) is 0 Å². The Balaban J connectivity index is 1.86. The number of aliphatic hydroxyl groups excluding tert-OH is 1. The fraction of sp³-hybridized carbons (Fsp3) is 1.00. The summed E-state index contributed by atoms with van der Waals surface area (Å²) in [6.45, 7) is 4.50. The van der Waals surface area contributed by atoms with Crippen LogP contribution in [0.15, 0.2) is 0 Å². The SMILES string of the molecule is CCCCCCCCCCCC1CCC(O)C(C)C1. The van der Waals surface area contributed by atoms with Crippen molar-refractivity contribution in [3.05, 3.63) is 0 Å². The molecule has 1 nitrogen and oxygen atoms in total. The van der Waals surface area contributed by atoms with Gasteiger partial charge in [0, 0.05) is 0 Å². The van der Waals surface area contributed by atoms with Crippen molar-refractivity contribution in [3.8, 4) is 0 Å². The number of hydrogen-bond donors (Lipinski definition) is 1. The molecule has 0 amide bonds. The van der Waals surface area contributed by atoms with Gasteiger partial charge in [0.15, 0.2) is 0 Å². The van der Waals surface area contributed by atoms with Crippen LogP contribution in [0.2, 0.25) is 0 Å². The van der Waals surface area contributed by atoms with Gasteiger partial charge in [-0.2, -0.15) is 0 Å². The van der Waals surface area contributed by atoms with Gasteiger partial charge in [-0.15, -0.1) is 0 Å². The van der Waals surface area contributed by atoms with Crippen LogP contribution in [0, 0.1) is 11.8 Å². The largest absolute Gasteiger partial charge is 0.393 e. The summed E-state index contributed by atoms with van der Waals surface area (Å²) in [5.41, 5.74) is 0. The van der Waals surface area contributed by atoms with Gasteiger partial charge in [-0.25, -0.2) is 0 Å². The van der Waals surface area contributed by atoms with Crippen molar-refractivity contribution in [3.63, 3.8) is 0 Å². The molecule has 1 saturated carbocycles. The van der Waals surface area contributed by atoms with Crippen LogP contribution in [0.3, 0.4) is 0 Å². The lowest BCUT2D eigenvalue weighted by Crippen LogP contribution is -2.26. The van der Waals surface area contributed by atoms with Crippen LogP contribution in [0.25, 0.3) is 0 Å². The van der Waals surface area contributed by atoms with Crippen LogP contribution < -0.4 is 0 Å². The van der Waals surface area contributed by atoms with Crippen molar-refractivity contribution in [1.29, 1.82) is 0 Å². The van der Waals surface area contributed by atoms with E-state index in [9.17, 15) is 5.11 Å². The van der Waals surface area contributed by atoms with Crippen LogP contribution in [0.4, 0.5) is 0 Å². The van der Waals surface area contributed by atoms with Gasteiger partial charge in [-0.05, 0) is 31.1 Å². The Morgan fingerprint density at radius 2 is 1.42 bits per heavy atom. The second kappa shape index (κ2) is 10.7. The van der Waals surface area contributed by atoms with Crippen LogP contribution in [-0.4, -0.2) is 11.2 Å². The maximum Gasteiger partial charge on any atom is 0.0566 e. The molecule has 0 aliphatic heterocycles. The van der Waals surface area contributed by atoms with E-state index >= 15 is 0 Å². The zero-order valence-corrected chi connectivity index (χ0v) is 13.4. The number of rotatable bonds is 10. The molecule has 0 heterocycles. The van der Waals surface area contributed by atoms with Crippen molar-refractivity contribution in [2.24, 2.45) is 11.8 Å². The van der Waals surface area contributed by atoms with Gasteiger partial charge in [0.05, 0.1) is 6.10 Å². The summed E-state index contributed by atoms with van der Waals surface area (Å²) in [6, 6.07) is 0. The molecule has 0 aromatic rings. The highest BCUT2D eigenvalue weighted by Crippen LogP contribution is 2.32. The van der Waals surface area contributed by atoms with Crippen LogP contribution >= 0.6 is 0 Å². The second-order valence-electron chi connectivity index (χ2n) is 6.84. The van der Waals surface area contributed by atoms with Gasteiger partial charge in [-0.3, -0.25) is 0 Å². The molecular formula is C18H36O. The Kier molecular flexibility index (Phi) is 9.59. The topological polar surface area (TPSA) is 20.2 Å². The first-order valence-corrected chi connectivity index (χ1v) is 8.92. The molecule has 1 fully saturated rings. The second-order valence-corrected chi connectivity index (χ2v) is 6.84. The highest BCUT2D eigenvalue weighted by atomic mass is 16.3. The Morgan fingerprint density at radius 1 is 0.842 bits per heavy atom. The summed E-state index contributed by atoms with van der Waals surface area (Å²) in [7, 11) is 0. The lowest BCUT2D eigenvalue weighted by atomic mass is 9.78. The van der Waals surface area contributed by atoms with Gasteiger partial charge in [0.1, 0.15) is 0 Å². The molecule has 19 heavy (non-hydrogen) atoms. The zero-order valence-electron chi connectivity index (χ0n) is 13.4. The summed E-state index contributed by atoms with van der Waals surface area (Å²) in [4.78, 5) is 0. The molecule has 0 aromatic heterocycles. The smallest absolute Gasteiger partial charge is 0.0566 e. The maximum absolute atomic E-state index is 9.73. The van der Waals surface area contributed by atoms with Crippen LogP contribution in [0.1, 0.15) is 97.3 Å². The first-order valence-electron chi connectivity index (χ1n) is 8.92. The predicted molar refractivity (Wildman–Crippen MR) is 84.4 cm³/mol. The Hall–Kier alpha value is -0.0400. The lowest BCUT2D eigenvalue weighted by molar-refractivity contribution is 0.0548. The molecule has 0 spiro atoms. The molecule has 3 atom stereocenters. The van der Waals surface area contributed by atoms with Gasteiger partial charge in [0.25, 0.3) is 0 Å². The fourth-order valence-electron chi connectivity index (χ4n) is 3.50. The minimum Gasteiger partial charge on any atom is -0.393 e. The van der Waals surface area contributed by atoms with Crippen molar-refractivity contribution in [1.82, 2.24) is 0 Å². The average Bonchev–Trinajstić information content (AvgIpc) is 2.41. The van der Waals surface area contributed by atoms with Gasteiger partial charge < -0.3 is 5.11 Å². The van der Waals surface area contributed by atoms with Crippen LogP contribution in [0.5, 0.6) is 0 Å². The molecule has 114 valence electrons. The molecule has 1 aliphatic rings. The van der Waals surface area contributed by atoms with E-state index in [0.717, 1.165) is 12.3 Å². The molecular weight excluding hydrogens is 232 g/mol. The molecule has 0 aromatic carbocycles. The fourth-order valence-corrected chi connectivity index (χ4v) is 3.50.